The Morgan fingerprint density at radius 1 is 1.29 bits per heavy atom. The number of hydrogen-bond acceptors (Lipinski definition) is 6. The largest absolute Gasteiger partial charge is 0.497 e. The maximum absolute atomic E-state index is 12.7. The molecule has 0 aliphatic heterocycles. The van der Waals surface area contributed by atoms with Gasteiger partial charge in [-0.3, -0.25) is 4.79 Å². The van der Waals surface area contributed by atoms with Crippen LogP contribution in [0.3, 0.4) is 0 Å². The standard InChI is InChI=1S/C20H20ClN3O3S/c1-13(28-17-9-7-15(21)8-10-17)20(25)24(2)12-18-22-19(23-27-18)14-5-4-6-16(11-14)26-3/h4-11,13H,12H2,1-3H3/t13-/m0/s1. The molecule has 2 aromatic carbocycles. The normalized spacial score (nSPS) is 11.9. The van der Waals surface area contributed by atoms with Gasteiger partial charge < -0.3 is 14.2 Å². The van der Waals surface area contributed by atoms with E-state index >= 15 is 0 Å². The molecule has 1 aromatic heterocycles. The van der Waals surface area contributed by atoms with Crippen LogP contribution in [0.4, 0.5) is 0 Å². The van der Waals surface area contributed by atoms with Gasteiger partial charge in [-0.25, -0.2) is 0 Å². The summed E-state index contributed by atoms with van der Waals surface area (Å²) in [5.74, 6) is 1.51. The van der Waals surface area contributed by atoms with E-state index in [2.05, 4.69) is 10.1 Å². The lowest BCUT2D eigenvalue weighted by atomic mass is 10.2. The lowest BCUT2D eigenvalue weighted by molar-refractivity contribution is -0.129. The van der Waals surface area contributed by atoms with E-state index in [1.165, 1.54) is 11.8 Å². The minimum Gasteiger partial charge on any atom is -0.497 e. The van der Waals surface area contributed by atoms with Crippen molar-refractivity contribution in [1.82, 2.24) is 15.0 Å². The van der Waals surface area contributed by atoms with E-state index in [-0.39, 0.29) is 17.7 Å². The van der Waals surface area contributed by atoms with Crippen molar-refractivity contribution in [2.24, 2.45) is 0 Å². The Morgan fingerprint density at radius 2 is 2.04 bits per heavy atom. The van der Waals surface area contributed by atoms with Crippen LogP contribution in [-0.2, 0) is 11.3 Å². The summed E-state index contributed by atoms with van der Waals surface area (Å²) in [5, 5.41) is 4.41. The molecule has 1 amide bonds. The molecular formula is C20H20ClN3O3S. The lowest BCUT2D eigenvalue weighted by Crippen LogP contribution is -2.32. The van der Waals surface area contributed by atoms with Gasteiger partial charge in [-0.05, 0) is 43.3 Å². The van der Waals surface area contributed by atoms with E-state index in [9.17, 15) is 4.79 Å². The Morgan fingerprint density at radius 3 is 2.75 bits per heavy atom. The molecule has 6 nitrogen and oxygen atoms in total. The van der Waals surface area contributed by atoms with Crippen LogP contribution in [0.5, 0.6) is 5.75 Å². The molecule has 28 heavy (non-hydrogen) atoms. The van der Waals surface area contributed by atoms with Gasteiger partial charge in [0.15, 0.2) is 0 Å². The summed E-state index contributed by atoms with van der Waals surface area (Å²) in [4.78, 5) is 19.6. The second-order valence-electron chi connectivity index (χ2n) is 6.15. The fraction of sp³-hybridized carbons (Fsp3) is 0.250. The molecular weight excluding hydrogens is 398 g/mol. The Balaban J connectivity index is 1.62. The number of halogens is 1. The molecule has 0 spiro atoms. The van der Waals surface area contributed by atoms with Gasteiger partial charge in [-0.2, -0.15) is 4.98 Å². The highest BCUT2D eigenvalue weighted by Gasteiger charge is 2.21. The van der Waals surface area contributed by atoms with Crippen molar-refractivity contribution in [2.45, 2.75) is 23.6 Å². The number of hydrogen-bond donors (Lipinski definition) is 0. The SMILES string of the molecule is COc1cccc(-c2noc(CN(C)C(=O)[C@H](C)Sc3ccc(Cl)cc3)n2)c1. The highest BCUT2D eigenvalue weighted by atomic mass is 35.5. The summed E-state index contributed by atoms with van der Waals surface area (Å²) in [5.41, 5.74) is 0.787. The van der Waals surface area contributed by atoms with Crippen molar-refractivity contribution in [3.63, 3.8) is 0 Å². The summed E-state index contributed by atoms with van der Waals surface area (Å²) < 4.78 is 10.5. The lowest BCUT2D eigenvalue weighted by Gasteiger charge is -2.19. The third-order valence-corrected chi connectivity index (χ3v) is 5.37. The Kier molecular flexibility index (Phi) is 6.59. The quantitative estimate of drug-likeness (QED) is 0.526. The first-order valence-electron chi connectivity index (χ1n) is 8.60. The van der Waals surface area contributed by atoms with Crippen molar-refractivity contribution >= 4 is 29.3 Å². The van der Waals surface area contributed by atoms with Crippen LogP contribution in [0.2, 0.25) is 5.02 Å². The summed E-state index contributed by atoms with van der Waals surface area (Å²) in [6.07, 6.45) is 0. The van der Waals surface area contributed by atoms with E-state index in [4.69, 9.17) is 20.9 Å². The molecule has 0 fully saturated rings. The van der Waals surface area contributed by atoms with Crippen molar-refractivity contribution in [2.75, 3.05) is 14.2 Å². The molecule has 0 unspecified atom stereocenters. The number of nitrogens with zero attached hydrogens (tertiary/aromatic N) is 3. The highest BCUT2D eigenvalue weighted by molar-refractivity contribution is 8.00. The topological polar surface area (TPSA) is 68.5 Å². The third-order valence-electron chi connectivity index (χ3n) is 4.02. The summed E-state index contributed by atoms with van der Waals surface area (Å²) in [6, 6.07) is 14.8. The molecule has 0 saturated heterocycles. The van der Waals surface area contributed by atoms with Crippen LogP contribution in [-0.4, -0.2) is 40.4 Å². The van der Waals surface area contributed by atoms with Crippen LogP contribution < -0.4 is 4.74 Å². The number of ether oxygens (including phenoxy) is 1. The Hall–Kier alpha value is -2.51. The summed E-state index contributed by atoms with van der Waals surface area (Å²) in [6.45, 7) is 2.11. The maximum Gasteiger partial charge on any atom is 0.246 e. The zero-order valence-corrected chi connectivity index (χ0v) is 17.3. The van der Waals surface area contributed by atoms with Crippen LogP contribution in [0.25, 0.3) is 11.4 Å². The summed E-state index contributed by atoms with van der Waals surface area (Å²) >= 11 is 7.38. The van der Waals surface area contributed by atoms with Gasteiger partial charge in [0, 0.05) is 22.5 Å². The maximum atomic E-state index is 12.7. The molecule has 3 aromatic rings. The van der Waals surface area contributed by atoms with Gasteiger partial charge in [0.2, 0.25) is 17.6 Å². The van der Waals surface area contributed by atoms with Gasteiger partial charge >= 0.3 is 0 Å². The molecule has 3 rings (SSSR count). The first-order valence-corrected chi connectivity index (χ1v) is 9.86. The number of aromatic nitrogens is 2. The van der Waals surface area contributed by atoms with Gasteiger partial charge in [0.05, 0.1) is 18.9 Å². The van der Waals surface area contributed by atoms with E-state index in [0.717, 1.165) is 10.5 Å². The number of amides is 1. The number of carbonyl (C=O) groups is 1. The fourth-order valence-electron chi connectivity index (χ4n) is 2.56. The van der Waals surface area contributed by atoms with E-state index < -0.39 is 0 Å². The Bertz CT molecular complexity index is 946. The predicted molar refractivity (Wildman–Crippen MR) is 110 cm³/mol. The molecule has 0 saturated carbocycles. The highest BCUT2D eigenvalue weighted by Crippen LogP contribution is 2.26. The molecule has 0 bridgehead atoms. The average molecular weight is 418 g/mol. The molecule has 8 heteroatoms. The molecule has 1 atom stereocenters. The van der Waals surface area contributed by atoms with Crippen LogP contribution >= 0.6 is 23.4 Å². The Labute approximate surface area is 172 Å². The molecule has 0 aliphatic carbocycles. The molecule has 0 N–H and O–H groups in total. The zero-order chi connectivity index (χ0) is 20.1. The third kappa shape index (κ3) is 5.05. The van der Waals surface area contributed by atoms with Crippen molar-refractivity contribution in [3.8, 4) is 17.1 Å². The molecule has 0 aliphatic rings. The first-order chi connectivity index (χ1) is 13.5. The van der Waals surface area contributed by atoms with Gasteiger partial charge in [-0.15, -0.1) is 11.8 Å². The first kappa shape index (κ1) is 20.2. The van der Waals surface area contributed by atoms with E-state index in [1.807, 2.05) is 55.5 Å². The number of methoxy groups -OCH3 is 1. The number of benzene rings is 2. The smallest absolute Gasteiger partial charge is 0.246 e. The van der Waals surface area contributed by atoms with Gasteiger partial charge in [-0.1, -0.05) is 28.9 Å². The summed E-state index contributed by atoms with van der Waals surface area (Å²) in [7, 11) is 3.32. The van der Waals surface area contributed by atoms with Gasteiger partial charge in [0.25, 0.3) is 0 Å². The van der Waals surface area contributed by atoms with Crippen LogP contribution in [0.15, 0.2) is 57.9 Å². The van der Waals surface area contributed by atoms with Crippen molar-refractivity contribution in [3.05, 3.63) is 59.4 Å². The van der Waals surface area contributed by atoms with Crippen molar-refractivity contribution in [1.29, 1.82) is 0 Å². The second-order valence-corrected chi connectivity index (χ2v) is 8.00. The van der Waals surface area contributed by atoms with E-state index in [1.54, 1.807) is 19.1 Å². The van der Waals surface area contributed by atoms with E-state index in [0.29, 0.717) is 22.5 Å². The fourth-order valence-corrected chi connectivity index (χ4v) is 3.67. The minimum atomic E-state index is -0.257. The number of carbonyl (C=O) groups excluding carboxylic acids is 1. The average Bonchev–Trinajstić information content (AvgIpc) is 3.17. The molecule has 146 valence electrons. The van der Waals surface area contributed by atoms with Crippen molar-refractivity contribution < 1.29 is 14.1 Å². The zero-order valence-electron chi connectivity index (χ0n) is 15.8. The second kappa shape index (κ2) is 9.12. The van der Waals surface area contributed by atoms with Crippen LogP contribution in [0, 0.1) is 0 Å². The predicted octanol–water partition coefficient (Wildman–Crippen LogP) is 4.54. The minimum absolute atomic E-state index is 0.0268. The monoisotopic (exact) mass is 417 g/mol. The molecule has 1 heterocycles. The van der Waals surface area contributed by atoms with Gasteiger partial charge in [0.1, 0.15) is 5.75 Å². The number of thioether (sulfide) groups is 1. The molecule has 0 radical (unpaired) electrons. The van der Waals surface area contributed by atoms with Crippen LogP contribution in [0.1, 0.15) is 12.8 Å². The number of rotatable bonds is 7.